The third-order valence-corrected chi connectivity index (χ3v) is 6.21. The van der Waals surface area contributed by atoms with Gasteiger partial charge in [0.15, 0.2) is 0 Å². The van der Waals surface area contributed by atoms with Crippen LogP contribution in [0.5, 0.6) is 0 Å². The predicted molar refractivity (Wildman–Crippen MR) is 128 cm³/mol. The first-order valence-electron chi connectivity index (χ1n) is 12.9. The van der Waals surface area contributed by atoms with Gasteiger partial charge in [-0.3, -0.25) is 4.90 Å². The van der Waals surface area contributed by atoms with Gasteiger partial charge in [0.2, 0.25) is 0 Å². The van der Waals surface area contributed by atoms with Crippen LogP contribution < -0.4 is 0 Å². The average Bonchev–Trinajstić information content (AvgIpc) is 3.27. The summed E-state index contributed by atoms with van der Waals surface area (Å²) in [5, 5.41) is 0. The number of halogens is 1. The van der Waals surface area contributed by atoms with Crippen LogP contribution in [0.25, 0.3) is 0 Å². The second kappa shape index (κ2) is 19.7. The number of carbonyl (C=O) groups excluding carboxylic acids is 2. The van der Waals surface area contributed by atoms with Crippen molar-refractivity contribution in [3.05, 3.63) is 0 Å². The molecular weight excluding hydrogens is 414 g/mol. The third kappa shape index (κ3) is 13.9. The van der Waals surface area contributed by atoms with Crippen LogP contribution in [0.1, 0.15) is 116 Å². The highest BCUT2D eigenvalue weighted by Gasteiger charge is 2.36. The van der Waals surface area contributed by atoms with Crippen molar-refractivity contribution in [3.8, 4) is 0 Å². The number of alkyl halides is 1. The minimum atomic E-state index is -0.501. The molecule has 5 nitrogen and oxygen atoms in total. The molecule has 6 heteroatoms. The molecule has 1 rings (SSSR count). The number of likely N-dealkylation sites (tertiary alicyclic amines) is 1. The molecule has 0 bridgehead atoms. The van der Waals surface area contributed by atoms with E-state index in [9.17, 15) is 9.59 Å². The van der Waals surface area contributed by atoms with E-state index in [2.05, 4.69) is 6.92 Å². The number of amides is 1. The minimum Gasteiger partial charge on any atom is -0.464 e. The smallest absolute Gasteiger partial charge is 0.410 e. The monoisotopic (exact) mass is 459 g/mol. The van der Waals surface area contributed by atoms with Gasteiger partial charge in [0.1, 0.15) is 12.6 Å². The Bertz CT molecular complexity index is 461. The van der Waals surface area contributed by atoms with Gasteiger partial charge in [-0.25, -0.2) is 9.59 Å². The van der Waals surface area contributed by atoms with Crippen LogP contribution in [0.4, 0.5) is 4.79 Å². The van der Waals surface area contributed by atoms with Crippen LogP contribution in [0, 0.1) is 0 Å². The van der Waals surface area contributed by atoms with E-state index in [1.165, 1.54) is 88.4 Å². The van der Waals surface area contributed by atoms with Crippen LogP contribution in [-0.2, 0) is 14.3 Å². The fraction of sp³-hybridized carbons (Fsp3) is 0.920. The second-order valence-corrected chi connectivity index (χ2v) is 9.15. The molecule has 182 valence electrons. The topological polar surface area (TPSA) is 55.8 Å². The summed E-state index contributed by atoms with van der Waals surface area (Å²) in [4.78, 5) is 25.7. The summed E-state index contributed by atoms with van der Waals surface area (Å²) in [5.41, 5.74) is 0. The zero-order valence-electron chi connectivity index (χ0n) is 19.9. The normalized spacial score (nSPS) is 15.9. The highest BCUT2D eigenvalue weighted by atomic mass is 35.5. The molecule has 0 spiro atoms. The minimum absolute atomic E-state index is 0.164. The summed E-state index contributed by atoms with van der Waals surface area (Å²) < 4.78 is 10.4. The van der Waals surface area contributed by atoms with Gasteiger partial charge < -0.3 is 9.47 Å². The van der Waals surface area contributed by atoms with Gasteiger partial charge >= 0.3 is 12.1 Å². The Labute approximate surface area is 195 Å². The standard InChI is InChI=1S/C25H46ClNO4/c1-2-3-4-5-6-7-8-9-10-11-12-13-14-15-16-21-30-24(28)23-18-17-20-27(23)25(29)31-22-19-26/h23H,2-22H2,1H3. The van der Waals surface area contributed by atoms with Crippen LogP contribution in [0.3, 0.4) is 0 Å². The summed E-state index contributed by atoms with van der Waals surface area (Å²) >= 11 is 5.55. The third-order valence-electron chi connectivity index (χ3n) is 6.05. The van der Waals surface area contributed by atoms with E-state index in [1.807, 2.05) is 0 Å². The highest BCUT2D eigenvalue weighted by molar-refractivity contribution is 6.18. The van der Waals surface area contributed by atoms with Crippen molar-refractivity contribution < 1.29 is 19.1 Å². The van der Waals surface area contributed by atoms with Crippen LogP contribution >= 0.6 is 11.6 Å². The number of hydrogen-bond acceptors (Lipinski definition) is 4. The predicted octanol–water partition coefficient (Wildman–Crippen LogP) is 7.24. The van der Waals surface area contributed by atoms with Crippen molar-refractivity contribution in [2.75, 3.05) is 25.6 Å². The van der Waals surface area contributed by atoms with Gasteiger partial charge in [-0.2, -0.15) is 0 Å². The van der Waals surface area contributed by atoms with Crippen molar-refractivity contribution in [2.45, 2.75) is 122 Å². The molecule has 1 amide bonds. The van der Waals surface area contributed by atoms with Crippen molar-refractivity contribution in [2.24, 2.45) is 0 Å². The van der Waals surface area contributed by atoms with Gasteiger partial charge in [-0.15, -0.1) is 11.6 Å². The number of nitrogens with zero attached hydrogens (tertiary/aromatic N) is 1. The molecule has 0 aliphatic carbocycles. The Hall–Kier alpha value is -0.970. The quantitative estimate of drug-likeness (QED) is 0.116. The Morgan fingerprint density at radius 1 is 0.774 bits per heavy atom. The van der Waals surface area contributed by atoms with Crippen molar-refractivity contribution in [1.29, 1.82) is 0 Å². The number of carbonyl (C=O) groups is 2. The van der Waals surface area contributed by atoms with Crippen molar-refractivity contribution in [3.63, 3.8) is 0 Å². The number of rotatable bonds is 19. The summed E-state index contributed by atoms with van der Waals surface area (Å²) in [7, 11) is 0. The van der Waals surface area contributed by atoms with E-state index in [0.29, 0.717) is 19.6 Å². The lowest BCUT2D eigenvalue weighted by Crippen LogP contribution is -2.42. The van der Waals surface area contributed by atoms with E-state index < -0.39 is 12.1 Å². The lowest BCUT2D eigenvalue weighted by molar-refractivity contribution is -0.148. The first-order valence-corrected chi connectivity index (χ1v) is 13.4. The fourth-order valence-electron chi connectivity index (χ4n) is 4.18. The second-order valence-electron chi connectivity index (χ2n) is 8.77. The maximum atomic E-state index is 12.3. The zero-order valence-corrected chi connectivity index (χ0v) is 20.6. The molecule has 0 aromatic rings. The van der Waals surface area contributed by atoms with E-state index >= 15 is 0 Å². The molecular formula is C25H46ClNO4. The largest absolute Gasteiger partial charge is 0.464 e. The van der Waals surface area contributed by atoms with Gasteiger partial charge in [0.05, 0.1) is 12.5 Å². The SMILES string of the molecule is CCCCCCCCCCCCCCCCCOC(=O)C1CCCN1C(=O)OCCCl. The molecule has 1 aliphatic heterocycles. The molecule has 1 saturated heterocycles. The molecule has 1 atom stereocenters. The lowest BCUT2D eigenvalue weighted by atomic mass is 10.0. The van der Waals surface area contributed by atoms with E-state index in [1.54, 1.807) is 0 Å². The Balaban J connectivity index is 1.90. The summed E-state index contributed by atoms with van der Waals surface area (Å²) in [6.07, 6.45) is 20.7. The first kappa shape index (κ1) is 28.1. The number of unbranched alkanes of at least 4 members (excludes halogenated alkanes) is 14. The summed E-state index contributed by atoms with van der Waals surface area (Å²) in [6.45, 7) is 3.42. The van der Waals surface area contributed by atoms with Gasteiger partial charge in [-0.05, 0) is 19.3 Å². The Morgan fingerprint density at radius 2 is 1.29 bits per heavy atom. The number of esters is 1. The molecule has 31 heavy (non-hydrogen) atoms. The maximum absolute atomic E-state index is 12.3. The van der Waals surface area contributed by atoms with Crippen molar-refractivity contribution >= 4 is 23.7 Å². The van der Waals surface area contributed by atoms with Crippen LogP contribution in [0.15, 0.2) is 0 Å². The zero-order chi connectivity index (χ0) is 22.6. The number of hydrogen-bond donors (Lipinski definition) is 0. The molecule has 1 aliphatic rings. The number of ether oxygens (including phenoxy) is 2. The maximum Gasteiger partial charge on any atom is 0.410 e. The van der Waals surface area contributed by atoms with E-state index in [0.717, 1.165) is 19.3 Å². The van der Waals surface area contributed by atoms with Crippen LogP contribution in [-0.4, -0.2) is 48.6 Å². The molecule has 0 N–H and O–H groups in total. The molecule has 0 radical (unpaired) electrons. The van der Waals surface area contributed by atoms with Gasteiger partial charge in [0, 0.05) is 6.54 Å². The molecule has 1 unspecified atom stereocenters. The molecule has 1 fully saturated rings. The molecule has 0 aromatic heterocycles. The Morgan fingerprint density at radius 3 is 1.81 bits per heavy atom. The summed E-state index contributed by atoms with van der Waals surface area (Å²) in [5.74, 6) is -0.0425. The van der Waals surface area contributed by atoms with Crippen LogP contribution in [0.2, 0.25) is 0 Å². The fourth-order valence-corrected chi connectivity index (χ4v) is 4.26. The lowest BCUT2D eigenvalue weighted by Gasteiger charge is -2.22. The van der Waals surface area contributed by atoms with E-state index in [-0.39, 0.29) is 18.5 Å². The molecule has 1 heterocycles. The average molecular weight is 460 g/mol. The summed E-state index contributed by atoms with van der Waals surface area (Å²) in [6, 6.07) is -0.501. The van der Waals surface area contributed by atoms with Gasteiger partial charge in [-0.1, -0.05) is 96.8 Å². The van der Waals surface area contributed by atoms with E-state index in [4.69, 9.17) is 21.1 Å². The Kier molecular flexibility index (Phi) is 17.8. The molecule has 0 saturated carbocycles. The van der Waals surface area contributed by atoms with Gasteiger partial charge in [0.25, 0.3) is 0 Å². The molecule has 0 aromatic carbocycles. The first-order chi connectivity index (χ1) is 15.2. The highest BCUT2D eigenvalue weighted by Crippen LogP contribution is 2.20. The van der Waals surface area contributed by atoms with Crippen molar-refractivity contribution in [1.82, 2.24) is 4.90 Å².